The van der Waals surface area contributed by atoms with Crippen LogP contribution in [0.2, 0.25) is 0 Å². The van der Waals surface area contributed by atoms with Crippen molar-refractivity contribution in [1.82, 2.24) is 10.6 Å². The van der Waals surface area contributed by atoms with E-state index in [0.29, 0.717) is 18.9 Å². The molecule has 88 valence electrons. The Morgan fingerprint density at radius 1 is 1.53 bits per heavy atom. The van der Waals surface area contributed by atoms with Crippen LogP contribution in [-0.2, 0) is 4.79 Å². The number of alkyl halides is 1. The van der Waals surface area contributed by atoms with Gasteiger partial charge in [0.25, 0.3) is 0 Å². The molecule has 1 aliphatic heterocycles. The Labute approximate surface area is 95.6 Å². The molecule has 5 heteroatoms. The van der Waals surface area contributed by atoms with Crippen LogP contribution < -0.4 is 10.6 Å². The summed E-state index contributed by atoms with van der Waals surface area (Å²) in [6, 6.07) is -0.306. The zero-order chi connectivity index (χ0) is 10.1. The highest BCUT2D eigenvalue weighted by atomic mass is 35.5. The normalized spacial score (nSPS) is 38.3. The first-order valence-corrected chi connectivity index (χ1v) is 5.32. The van der Waals surface area contributed by atoms with Crippen molar-refractivity contribution in [2.24, 2.45) is 11.8 Å². The van der Waals surface area contributed by atoms with Crippen molar-refractivity contribution >= 4 is 18.3 Å². The van der Waals surface area contributed by atoms with Gasteiger partial charge in [-0.15, -0.1) is 12.4 Å². The SMILES string of the molecule is CC1CC1CNC(=O)[C@@H]1C[C@@H](F)CN1.Cl. The van der Waals surface area contributed by atoms with E-state index in [4.69, 9.17) is 0 Å². The van der Waals surface area contributed by atoms with E-state index in [-0.39, 0.29) is 24.4 Å². The molecule has 2 rings (SSSR count). The monoisotopic (exact) mass is 236 g/mol. The molecule has 0 aromatic rings. The molecule has 0 bridgehead atoms. The van der Waals surface area contributed by atoms with E-state index in [2.05, 4.69) is 17.6 Å². The minimum atomic E-state index is -0.856. The maximum absolute atomic E-state index is 12.8. The van der Waals surface area contributed by atoms with E-state index < -0.39 is 6.17 Å². The van der Waals surface area contributed by atoms with Gasteiger partial charge in [-0.05, 0) is 18.3 Å². The third kappa shape index (κ3) is 3.31. The lowest BCUT2D eigenvalue weighted by Crippen LogP contribution is -2.41. The molecule has 3 nitrogen and oxygen atoms in total. The molecule has 1 aliphatic carbocycles. The Morgan fingerprint density at radius 2 is 2.20 bits per heavy atom. The number of carbonyl (C=O) groups is 1. The third-order valence-electron chi connectivity index (χ3n) is 3.21. The van der Waals surface area contributed by atoms with Crippen molar-refractivity contribution in [3.63, 3.8) is 0 Å². The van der Waals surface area contributed by atoms with Gasteiger partial charge >= 0.3 is 0 Å². The van der Waals surface area contributed by atoms with Crippen LogP contribution in [0, 0.1) is 11.8 Å². The van der Waals surface area contributed by atoms with Crippen molar-refractivity contribution in [2.75, 3.05) is 13.1 Å². The van der Waals surface area contributed by atoms with Gasteiger partial charge < -0.3 is 10.6 Å². The minimum Gasteiger partial charge on any atom is -0.354 e. The van der Waals surface area contributed by atoms with Gasteiger partial charge in [0.1, 0.15) is 6.17 Å². The second-order valence-electron chi connectivity index (χ2n) is 4.51. The fourth-order valence-corrected chi connectivity index (χ4v) is 1.93. The summed E-state index contributed by atoms with van der Waals surface area (Å²) in [6.45, 7) is 3.26. The van der Waals surface area contributed by atoms with E-state index in [1.54, 1.807) is 0 Å². The van der Waals surface area contributed by atoms with Crippen molar-refractivity contribution in [3.8, 4) is 0 Å². The molecular formula is C10H18ClFN2O. The molecule has 1 heterocycles. The second kappa shape index (κ2) is 5.12. The van der Waals surface area contributed by atoms with E-state index in [1.807, 2.05) is 0 Å². The Morgan fingerprint density at radius 3 is 2.67 bits per heavy atom. The summed E-state index contributed by atoms with van der Waals surface area (Å²) < 4.78 is 12.8. The topological polar surface area (TPSA) is 41.1 Å². The van der Waals surface area contributed by atoms with E-state index in [9.17, 15) is 9.18 Å². The maximum atomic E-state index is 12.8. The van der Waals surface area contributed by atoms with Gasteiger partial charge in [0.15, 0.2) is 0 Å². The summed E-state index contributed by atoms with van der Waals surface area (Å²) in [5.74, 6) is 1.37. The van der Waals surface area contributed by atoms with Crippen molar-refractivity contribution in [1.29, 1.82) is 0 Å². The summed E-state index contributed by atoms with van der Waals surface area (Å²) in [4.78, 5) is 11.5. The van der Waals surface area contributed by atoms with Gasteiger partial charge in [-0.2, -0.15) is 0 Å². The van der Waals surface area contributed by atoms with Crippen LogP contribution in [0.25, 0.3) is 0 Å². The highest BCUT2D eigenvalue weighted by molar-refractivity contribution is 5.85. The van der Waals surface area contributed by atoms with Gasteiger partial charge in [-0.1, -0.05) is 6.92 Å². The summed E-state index contributed by atoms with van der Waals surface area (Å²) in [7, 11) is 0. The molecule has 2 aliphatic rings. The lowest BCUT2D eigenvalue weighted by Gasteiger charge is -2.10. The molecule has 0 aromatic heterocycles. The fraction of sp³-hybridized carbons (Fsp3) is 0.900. The van der Waals surface area contributed by atoms with E-state index in [0.717, 1.165) is 12.5 Å². The summed E-state index contributed by atoms with van der Waals surface area (Å²) in [5, 5.41) is 5.74. The largest absolute Gasteiger partial charge is 0.354 e. The first-order chi connectivity index (χ1) is 6.66. The predicted octanol–water partition coefficient (Wildman–Crippen LogP) is 0.880. The van der Waals surface area contributed by atoms with E-state index in [1.165, 1.54) is 6.42 Å². The molecule has 2 unspecified atom stereocenters. The molecule has 0 aromatic carbocycles. The molecule has 2 fully saturated rings. The van der Waals surface area contributed by atoms with Crippen LogP contribution in [0.15, 0.2) is 0 Å². The average Bonchev–Trinajstić information content (AvgIpc) is 2.66. The maximum Gasteiger partial charge on any atom is 0.237 e. The number of hydrogen-bond donors (Lipinski definition) is 2. The molecule has 1 saturated carbocycles. The van der Waals surface area contributed by atoms with Gasteiger partial charge in [0, 0.05) is 19.5 Å². The predicted molar refractivity (Wildman–Crippen MR) is 58.8 cm³/mol. The van der Waals surface area contributed by atoms with Crippen LogP contribution in [0.3, 0.4) is 0 Å². The number of hydrogen-bond acceptors (Lipinski definition) is 2. The first kappa shape index (κ1) is 12.7. The zero-order valence-corrected chi connectivity index (χ0v) is 9.65. The Hall–Kier alpha value is -0.350. The lowest BCUT2D eigenvalue weighted by molar-refractivity contribution is -0.122. The summed E-state index contributed by atoms with van der Waals surface area (Å²) in [5.41, 5.74) is 0. The number of nitrogens with one attached hydrogen (secondary N) is 2. The second-order valence-corrected chi connectivity index (χ2v) is 4.51. The van der Waals surface area contributed by atoms with Gasteiger partial charge in [-0.3, -0.25) is 4.79 Å². The Kier molecular flexibility index (Phi) is 4.34. The molecule has 1 amide bonds. The lowest BCUT2D eigenvalue weighted by atomic mass is 10.2. The van der Waals surface area contributed by atoms with Crippen LogP contribution >= 0.6 is 12.4 Å². The quantitative estimate of drug-likeness (QED) is 0.764. The molecule has 0 radical (unpaired) electrons. The van der Waals surface area contributed by atoms with Crippen molar-refractivity contribution < 1.29 is 9.18 Å². The molecular weight excluding hydrogens is 219 g/mol. The summed E-state index contributed by atoms with van der Waals surface area (Å²) in [6.07, 6.45) is 0.682. The van der Waals surface area contributed by atoms with Crippen molar-refractivity contribution in [2.45, 2.75) is 32.0 Å². The number of rotatable bonds is 3. The number of halogens is 2. The Balaban J connectivity index is 0.00000112. The zero-order valence-electron chi connectivity index (χ0n) is 8.83. The molecule has 1 saturated heterocycles. The Bertz CT molecular complexity index is 239. The van der Waals surface area contributed by atoms with Crippen molar-refractivity contribution in [3.05, 3.63) is 0 Å². The van der Waals surface area contributed by atoms with E-state index >= 15 is 0 Å². The first-order valence-electron chi connectivity index (χ1n) is 5.32. The smallest absolute Gasteiger partial charge is 0.237 e. The molecule has 2 N–H and O–H groups in total. The highest BCUT2D eigenvalue weighted by Gasteiger charge is 2.34. The van der Waals surface area contributed by atoms with Gasteiger partial charge in [0.05, 0.1) is 6.04 Å². The minimum absolute atomic E-state index is 0. The molecule has 4 atom stereocenters. The van der Waals surface area contributed by atoms with Gasteiger partial charge in [-0.25, -0.2) is 4.39 Å². The number of carbonyl (C=O) groups excluding carboxylic acids is 1. The highest BCUT2D eigenvalue weighted by Crippen LogP contribution is 2.36. The average molecular weight is 237 g/mol. The van der Waals surface area contributed by atoms with Gasteiger partial charge in [0.2, 0.25) is 5.91 Å². The fourth-order valence-electron chi connectivity index (χ4n) is 1.93. The standard InChI is InChI=1S/C10H17FN2O.ClH/c1-6-2-7(6)4-13-10(14)9-3-8(11)5-12-9;/h6-9,12H,2-5H2,1H3,(H,13,14);1H/t6?,7?,8-,9+;/m1./s1. The molecule has 15 heavy (non-hydrogen) atoms. The van der Waals surface area contributed by atoms with Crippen LogP contribution in [-0.4, -0.2) is 31.2 Å². The third-order valence-corrected chi connectivity index (χ3v) is 3.21. The summed E-state index contributed by atoms with van der Waals surface area (Å²) >= 11 is 0. The van der Waals surface area contributed by atoms with Crippen LogP contribution in [0.1, 0.15) is 19.8 Å². The van der Waals surface area contributed by atoms with Crippen LogP contribution in [0.4, 0.5) is 4.39 Å². The van der Waals surface area contributed by atoms with Crippen LogP contribution in [0.5, 0.6) is 0 Å². The molecule has 0 spiro atoms. The number of amides is 1.